The highest BCUT2D eigenvalue weighted by atomic mass is 19.1. The molecule has 1 aromatic heterocycles. The highest BCUT2D eigenvalue weighted by molar-refractivity contribution is 5.94. The van der Waals surface area contributed by atoms with Crippen molar-refractivity contribution in [2.45, 2.75) is 13.8 Å². The summed E-state index contributed by atoms with van der Waals surface area (Å²) < 4.78 is 15.6. The van der Waals surface area contributed by atoms with E-state index in [9.17, 15) is 9.18 Å². The van der Waals surface area contributed by atoms with Crippen LogP contribution in [0.25, 0.3) is 5.69 Å². The summed E-state index contributed by atoms with van der Waals surface area (Å²) in [5.41, 5.74) is 3.82. The monoisotopic (exact) mass is 338 g/mol. The van der Waals surface area contributed by atoms with E-state index in [1.165, 1.54) is 10.7 Å². The lowest BCUT2D eigenvalue weighted by Gasteiger charge is -2.12. The topological polar surface area (TPSA) is 59.0 Å². The van der Waals surface area contributed by atoms with Crippen LogP contribution in [0, 0.1) is 19.7 Å². The maximum Gasteiger partial charge on any atom is 0.243 e. The highest BCUT2D eigenvalue weighted by Gasteiger charge is 2.08. The lowest BCUT2D eigenvalue weighted by molar-refractivity contribution is -0.114. The molecular formula is C19H19FN4O. The van der Waals surface area contributed by atoms with Crippen LogP contribution in [0.15, 0.2) is 54.9 Å². The van der Waals surface area contributed by atoms with E-state index in [2.05, 4.69) is 15.7 Å². The molecule has 0 saturated carbocycles. The van der Waals surface area contributed by atoms with Gasteiger partial charge in [-0.1, -0.05) is 12.1 Å². The van der Waals surface area contributed by atoms with Gasteiger partial charge in [-0.05, 0) is 55.3 Å². The number of aromatic nitrogens is 2. The molecule has 0 radical (unpaired) electrons. The van der Waals surface area contributed by atoms with Crippen LogP contribution < -0.4 is 10.6 Å². The summed E-state index contributed by atoms with van der Waals surface area (Å²) in [7, 11) is 0. The maximum absolute atomic E-state index is 14.2. The van der Waals surface area contributed by atoms with Gasteiger partial charge in [0, 0.05) is 23.8 Å². The fourth-order valence-corrected chi connectivity index (χ4v) is 2.48. The van der Waals surface area contributed by atoms with E-state index in [0.29, 0.717) is 11.4 Å². The molecular weight excluding hydrogens is 319 g/mol. The van der Waals surface area contributed by atoms with Gasteiger partial charge in [-0.3, -0.25) is 4.79 Å². The Balaban J connectivity index is 1.62. The van der Waals surface area contributed by atoms with E-state index >= 15 is 0 Å². The first-order chi connectivity index (χ1) is 12.0. The molecule has 0 aliphatic rings. The second-order valence-corrected chi connectivity index (χ2v) is 5.77. The lowest BCUT2D eigenvalue weighted by atomic mass is 10.1. The van der Waals surface area contributed by atoms with Crippen molar-refractivity contribution in [3.05, 3.63) is 71.8 Å². The van der Waals surface area contributed by atoms with E-state index in [4.69, 9.17) is 0 Å². The molecule has 0 atom stereocenters. The number of hydrogen-bond acceptors (Lipinski definition) is 3. The minimum absolute atomic E-state index is 0.0495. The first-order valence-corrected chi connectivity index (χ1v) is 7.94. The third-order valence-corrected chi connectivity index (χ3v) is 4.03. The van der Waals surface area contributed by atoms with Gasteiger partial charge in [0.2, 0.25) is 5.91 Å². The van der Waals surface area contributed by atoms with E-state index in [-0.39, 0.29) is 12.5 Å². The Kier molecular flexibility index (Phi) is 4.79. The molecule has 2 aromatic carbocycles. The van der Waals surface area contributed by atoms with Crippen molar-refractivity contribution in [2.24, 2.45) is 0 Å². The zero-order chi connectivity index (χ0) is 17.8. The Morgan fingerprint density at radius 1 is 1.20 bits per heavy atom. The number of nitrogens with one attached hydrogen (secondary N) is 2. The second-order valence-electron chi connectivity index (χ2n) is 5.77. The van der Waals surface area contributed by atoms with Gasteiger partial charge in [-0.25, -0.2) is 9.07 Å². The molecule has 3 aromatic rings. The second kappa shape index (κ2) is 7.17. The number of nitrogens with zero attached hydrogens (tertiary/aromatic N) is 2. The SMILES string of the molecule is Cc1cccc(NC(=O)CNc2ccc(-n3cccn3)c(F)c2)c1C. The van der Waals surface area contributed by atoms with Crippen LogP contribution in [-0.2, 0) is 4.79 Å². The molecule has 0 aliphatic heterocycles. The van der Waals surface area contributed by atoms with Crippen LogP contribution in [0.2, 0.25) is 0 Å². The fourth-order valence-electron chi connectivity index (χ4n) is 2.48. The summed E-state index contributed by atoms with van der Waals surface area (Å²) >= 11 is 0. The standard InChI is InChI=1S/C19H19FN4O/c1-13-5-3-6-17(14(13)2)23-19(25)12-21-15-7-8-18(16(20)11-15)24-10-4-9-22-24/h3-11,21H,12H2,1-2H3,(H,23,25). The van der Waals surface area contributed by atoms with Crippen LogP contribution in [0.1, 0.15) is 11.1 Å². The van der Waals surface area contributed by atoms with Crippen molar-refractivity contribution in [1.29, 1.82) is 0 Å². The summed E-state index contributed by atoms with van der Waals surface area (Å²) in [5, 5.41) is 9.80. The zero-order valence-corrected chi connectivity index (χ0v) is 14.1. The van der Waals surface area contributed by atoms with Crippen molar-refractivity contribution in [3.63, 3.8) is 0 Å². The molecule has 3 rings (SSSR count). The molecule has 0 aliphatic carbocycles. The van der Waals surface area contributed by atoms with E-state index < -0.39 is 5.82 Å². The Morgan fingerprint density at radius 3 is 2.76 bits per heavy atom. The predicted molar refractivity (Wildman–Crippen MR) is 96.6 cm³/mol. The number of aryl methyl sites for hydroxylation is 1. The van der Waals surface area contributed by atoms with Crippen molar-refractivity contribution in [1.82, 2.24) is 9.78 Å². The number of benzene rings is 2. The molecule has 0 bridgehead atoms. The van der Waals surface area contributed by atoms with Crippen LogP contribution in [0.5, 0.6) is 0 Å². The molecule has 0 spiro atoms. The number of hydrogen-bond donors (Lipinski definition) is 2. The van der Waals surface area contributed by atoms with Crippen LogP contribution in [0.4, 0.5) is 15.8 Å². The third-order valence-electron chi connectivity index (χ3n) is 4.03. The first kappa shape index (κ1) is 16.7. The number of carbonyl (C=O) groups is 1. The van der Waals surface area contributed by atoms with Gasteiger partial charge in [-0.15, -0.1) is 0 Å². The lowest BCUT2D eigenvalue weighted by Crippen LogP contribution is -2.22. The Bertz CT molecular complexity index is 890. The average molecular weight is 338 g/mol. The molecule has 25 heavy (non-hydrogen) atoms. The van der Waals surface area contributed by atoms with Gasteiger partial charge in [0.05, 0.1) is 6.54 Å². The highest BCUT2D eigenvalue weighted by Crippen LogP contribution is 2.19. The summed E-state index contributed by atoms with van der Waals surface area (Å²) in [6.07, 6.45) is 3.26. The number of rotatable bonds is 5. The van der Waals surface area contributed by atoms with Gasteiger partial charge in [0.15, 0.2) is 5.82 Å². The molecule has 0 saturated heterocycles. The maximum atomic E-state index is 14.2. The summed E-state index contributed by atoms with van der Waals surface area (Å²) in [5.74, 6) is -0.603. The van der Waals surface area contributed by atoms with Gasteiger partial charge >= 0.3 is 0 Å². The largest absolute Gasteiger partial charge is 0.376 e. The molecule has 1 amide bonds. The summed E-state index contributed by atoms with van der Waals surface area (Å²) in [6.45, 7) is 4.00. The van der Waals surface area contributed by atoms with Crippen LogP contribution >= 0.6 is 0 Å². The molecule has 6 heteroatoms. The fraction of sp³-hybridized carbons (Fsp3) is 0.158. The molecule has 2 N–H and O–H groups in total. The number of amides is 1. The molecule has 128 valence electrons. The van der Waals surface area contributed by atoms with Gasteiger partial charge in [-0.2, -0.15) is 5.10 Å². The average Bonchev–Trinajstić information content (AvgIpc) is 3.11. The smallest absolute Gasteiger partial charge is 0.243 e. The zero-order valence-electron chi connectivity index (χ0n) is 14.1. The van der Waals surface area contributed by atoms with E-state index in [1.807, 2.05) is 32.0 Å². The first-order valence-electron chi connectivity index (χ1n) is 7.94. The molecule has 0 fully saturated rings. The van der Waals surface area contributed by atoms with Gasteiger partial charge in [0.25, 0.3) is 0 Å². The van der Waals surface area contributed by atoms with Gasteiger partial charge in [0.1, 0.15) is 5.69 Å². The number of halogens is 1. The summed E-state index contributed by atoms with van der Waals surface area (Å²) in [4.78, 5) is 12.1. The Hall–Kier alpha value is -3.15. The minimum Gasteiger partial charge on any atom is -0.376 e. The predicted octanol–water partition coefficient (Wildman–Crippen LogP) is 3.68. The third kappa shape index (κ3) is 3.85. The van der Waals surface area contributed by atoms with Crippen LogP contribution in [-0.4, -0.2) is 22.2 Å². The van der Waals surface area contributed by atoms with Crippen molar-refractivity contribution < 1.29 is 9.18 Å². The van der Waals surface area contributed by atoms with Crippen LogP contribution in [0.3, 0.4) is 0 Å². The van der Waals surface area contributed by atoms with E-state index in [0.717, 1.165) is 16.8 Å². The molecule has 0 unspecified atom stereocenters. The van der Waals surface area contributed by atoms with E-state index in [1.54, 1.807) is 30.6 Å². The van der Waals surface area contributed by atoms with Crippen molar-refractivity contribution in [3.8, 4) is 5.69 Å². The normalized spacial score (nSPS) is 10.5. The Morgan fingerprint density at radius 2 is 2.04 bits per heavy atom. The summed E-state index contributed by atoms with van der Waals surface area (Å²) in [6, 6.07) is 12.2. The minimum atomic E-state index is -0.413. The van der Waals surface area contributed by atoms with Gasteiger partial charge < -0.3 is 10.6 Å². The number of anilines is 2. The quantitative estimate of drug-likeness (QED) is 0.746. The Labute approximate surface area is 145 Å². The number of carbonyl (C=O) groups excluding carboxylic acids is 1. The van der Waals surface area contributed by atoms with Crippen molar-refractivity contribution in [2.75, 3.05) is 17.2 Å². The molecule has 1 heterocycles. The van der Waals surface area contributed by atoms with Crippen molar-refractivity contribution >= 4 is 17.3 Å². The molecule has 5 nitrogen and oxygen atoms in total.